The maximum Gasteiger partial charge on any atom is 0.131 e. The lowest BCUT2D eigenvalue weighted by atomic mass is 10.0. The molecule has 1 aliphatic heterocycles. The lowest BCUT2D eigenvalue weighted by molar-refractivity contribution is 0.264. The molecule has 2 nitrogen and oxygen atoms in total. The van der Waals surface area contributed by atoms with Gasteiger partial charge in [0.1, 0.15) is 11.6 Å². The molecule has 1 aromatic rings. The zero-order chi connectivity index (χ0) is 8.55. The number of nitrogens with two attached hydrogens (primary N) is 1. The van der Waals surface area contributed by atoms with Crippen molar-refractivity contribution in [2.45, 2.75) is 12.5 Å². The minimum absolute atomic E-state index is 0.213. The molecule has 1 aromatic carbocycles. The third-order valence-corrected chi connectivity index (χ3v) is 2.07. The molecular weight excluding hydrogens is 157 g/mol. The van der Waals surface area contributed by atoms with E-state index >= 15 is 0 Å². The third kappa shape index (κ3) is 1.06. The molecule has 0 saturated carbocycles. The highest BCUT2D eigenvalue weighted by atomic mass is 19.1. The van der Waals surface area contributed by atoms with Gasteiger partial charge in [0, 0.05) is 18.0 Å². The summed E-state index contributed by atoms with van der Waals surface area (Å²) in [5.74, 6) is 0.327. The van der Waals surface area contributed by atoms with Gasteiger partial charge in [0.05, 0.1) is 6.61 Å². The standard InChI is InChI=1S/C9H10FNO/c10-6-2-1-3-8-9(6)7(11)4-5-12-8/h1-3,7H,4-5,11H2. The molecule has 2 N–H and O–H groups in total. The van der Waals surface area contributed by atoms with Gasteiger partial charge in [-0.25, -0.2) is 4.39 Å². The Labute approximate surface area is 70.1 Å². The molecule has 1 unspecified atom stereocenters. The number of hydrogen-bond donors (Lipinski definition) is 1. The summed E-state index contributed by atoms with van der Waals surface area (Å²) in [5, 5.41) is 0. The van der Waals surface area contributed by atoms with Gasteiger partial charge in [0.25, 0.3) is 0 Å². The Bertz CT molecular complexity index is 301. The third-order valence-electron chi connectivity index (χ3n) is 2.07. The molecule has 2 rings (SSSR count). The Kier molecular flexibility index (Phi) is 1.73. The number of fused-ring (bicyclic) bond motifs is 1. The topological polar surface area (TPSA) is 35.2 Å². The lowest BCUT2D eigenvalue weighted by Gasteiger charge is -2.22. The van der Waals surface area contributed by atoms with Crippen molar-refractivity contribution in [2.24, 2.45) is 5.73 Å². The first-order valence-corrected chi connectivity index (χ1v) is 3.96. The Balaban J connectivity index is 2.53. The first-order chi connectivity index (χ1) is 5.79. The van der Waals surface area contributed by atoms with Crippen molar-refractivity contribution < 1.29 is 9.13 Å². The molecule has 0 bridgehead atoms. The van der Waals surface area contributed by atoms with E-state index < -0.39 is 0 Å². The van der Waals surface area contributed by atoms with E-state index in [1.54, 1.807) is 12.1 Å². The van der Waals surface area contributed by atoms with Gasteiger partial charge in [-0.15, -0.1) is 0 Å². The van der Waals surface area contributed by atoms with Gasteiger partial charge >= 0.3 is 0 Å². The number of ether oxygens (including phenoxy) is 1. The molecule has 0 aromatic heterocycles. The van der Waals surface area contributed by atoms with E-state index in [4.69, 9.17) is 10.5 Å². The average Bonchev–Trinajstić information content (AvgIpc) is 2.04. The summed E-state index contributed by atoms with van der Waals surface area (Å²) in [6.45, 7) is 0.581. The average molecular weight is 167 g/mol. The summed E-state index contributed by atoms with van der Waals surface area (Å²) < 4.78 is 18.4. The predicted molar refractivity (Wildman–Crippen MR) is 43.4 cm³/mol. The fraction of sp³-hybridized carbons (Fsp3) is 0.333. The highest BCUT2D eigenvalue weighted by Gasteiger charge is 2.21. The molecular formula is C9H10FNO. The van der Waals surface area contributed by atoms with E-state index in [0.717, 1.165) is 0 Å². The van der Waals surface area contributed by atoms with Crippen LogP contribution in [0.2, 0.25) is 0 Å². The summed E-state index contributed by atoms with van der Waals surface area (Å²) in [5.41, 5.74) is 6.24. The summed E-state index contributed by atoms with van der Waals surface area (Å²) in [4.78, 5) is 0. The van der Waals surface area contributed by atoms with Crippen molar-refractivity contribution >= 4 is 0 Å². The van der Waals surface area contributed by atoms with Crippen molar-refractivity contribution in [2.75, 3.05) is 6.61 Å². The summed E-state index contributed by atoms with van der Waals surface area (Å²) in [6, 6.07) is 4.58. The van der Waals surface area contributed by atoms with Crippen LogP contribution in [0.5, 0.6) is 5.75 Å². The van der Waals surface area contributed by atoms with Crippen LogP contribution in [0.4, 0.5) is 4.39 Å². The number of rotatable bonds is 0. The first-order valence-electron chi connectivity index (χ1n) is 3.96. The van der Waals surface area contributed by atoms with Gasteiger partial charge in [-0.05, 0) is 12.1 Å². The van der Waals surface area contributed by atoms with Crippen LogP contribution in [0.25, 0.3) is 0 Å². The second-order valence-electron chi connectivity index (χ2n) is 2.90. The van der Waals surface area contributed by atoms with Crippen molar-refractivity contribution in [3.05, 3.63) is 29.6 Å². The minimum atomic E-state index is -0.264. The molecule has 1 aliphatic rings. The number of halogens is 1. The van der Waals surface area contributed by atoms with Gasteiger partial charge in [0.15, 0.2) is 0 Å². The van der Waals surface area contributed by atoms with Gasteiger partial charge in [-0.1, -0.05) is 6.07 Å². The van der Waals surface area contributed by atoms with Crippen molar-refractivity contribution in [3.63, 3.8) is 0 Å². The van der Waals surface area contributed by atoms with Crippen LogP contribution in [0.15, 0.2) is 18.2 Å². The fourth-order valence-electron chi connectivity index (χ4n) is 1.44. The van der Waals surface area contributed by atoms with Crippen molar-refractivity contribution in [1.82, 2.24) is 0 Å². The van der Waals surface area contributed by atoms with E-state index in [1.807, 2.05) is 0 Å². The Hall–Kier alpha value is -1.09. The SMILES string of the molecule is NC1CCOc2cccc(F)c21. The van der Waals surface area contributed by atoms with E-state index in [-0.39, 0.29) is 11.9 Å². The van der Waals surface area contributed by atoms with Gasteiger partial charge in [0.2, 0.25) is 0 Å². The molecule has 0 radical (unpaired) electrons. The fourth-order valence-corrected chi connectivity index (χ4v) is 1.44. The maximum atomic E-state index is 13.2. The molecule has 3 heteroatoms. The zero-order valence-corrected chi connectivity index (χ0v) is 6.59. The van der Waals surface area contributed by atoms with Crippen LogP contribution < -0.4 is 10.5 Å². The van der Waals surface area contributed by atoms with Crippen molar-refractivity contribution in [3.8, 4) is 5.75 Å². The second-order valence-corrected chi connectivity index (χ2v) is 2.90. The largest absolute Gasteiger partial charge is 0.493 e. The summed E-state index contributed by atoms with van der Waals surface area (Å²) >= 11 is 0. The maximum absolute atomic E-state index is 13.2. The lowest BCUT2D eigenvalue weighted by Crippen LogP contribution is -2.21. The predicted octanol–water partition coefficient (Wildman–Crippen LogP) is 1.61. The van der Waals surface area contributed by atoms with Crippen molar-refractivity contribution in [1.29, 1.82) is 0 Å². The number of benzene rings is 1. The van der Waals surface area contributed by atoms with Gasteiger partial charge < -0.3 is 10.5 Å². The van der Waals surface area contributed by atoms with Gasteiger partial charge in [-0.2, -0.15) is 0 Å². The smallest absolute Gasteiger partial charge is 0.131 e. The number of hydrogen-bond acceptors (Lipinski definition) is 2. The van der Waals surface area contributed by atoms with E-state index in [0.29, 0.717) is 24.3 Å². The molecule has 0 fully saturated rings. The monoisotopic (exact) mass is 167 g/mol. The summed E-state index contributed by atoms with van der Waals surface area (Å²) in [7, 11) is 0. The zero-order valence-electron chi connectivity index (χ0n) is 6.59. The molecule has 0 amide bonds. The molecule has 1 atom stereocenters. The van der Waals surface area contributed by atoms with E-state index in [9.17, 15) is 4.39 Å². The van der Waals surface area contributed by atoms with Crippen LogP contribution in [0.1, 0.15) is 18.0 Å². The normalized spacial score (nSPS) is 21.3. The first kappa shape index (κ1) is 7.55. The Morgan fingerprint density at radius 1 is 1.50 bits per heavy atom. The highest BCUT2D eigenvalue weighted by Crippen LogP contribution is 2.31. The molecule has 64 valence electrons. The quantitative estimate of drug-likeness (QED) is 0.637. The van der Waals surface area contributed by atoms with E-state index in [1.165, 1.54) is 6.07 Å². The second kappa shape index (κ2) is 2.75. The molecule has 0 aliphatic carbocycles. The molecule has 0 saturated heterocycles. The minimum Gasteiger partial charge on any atom is -0.493 e. The Morgan fingerprint density at radius 2 is 2.33 bits per heavy atom. The highest BCUT2D eigenvalue weighted by molar-refractivity contribution is 5.38. The molecule has 12 heavy (non-hydrogen) atoms. The molecule has 0 spiro atoms. The van der Waals surface area contributed by atoms with Crippen LogP contribution in [-0.2, 0) is 0 Å². The molecule has 1 heterocycles. The van der Waals surface area contributed by atoms with E-state index in [2.05, 4.69) is 0 Å². The van der Waals surface area contributed by atoms with Crippen LogP contribution in [-0.4, -0.2) is 6.61 Å². The van der Waals surface area contributed by atoms with Crippen LogP contribution in [0, 0.1) is 5.82 Å². The van der Waals surface area contributed by atoms with Crippen LogP contribution in [0.3, 0.4) is 0 Å². The van der Waals surface area contributed by atoms with Crippen LogP contribution >= 0.6 is 0 Å². The Morgan fingerprint density at radius 3 is 3.08 bits per heavy atom. The van der Waals surface area contributed by atoms with Gasteiger partial charge in [-0.3, -0.25) is 0 Å². The summed E-state index contributed by atoms with van der Waals surface area (Å²) in [6.07, 6.45) is 0.688.